The number of aliphatic hydroxyl groups is 4. The van der Waals surface area contributed by atoms with Gasteiger partial charge in [-0.25, -0.2) is 0 Å². The summed E-state index contributed by atoms with van der Waals surface area (Å²) in [5.41, 5.74) is 16.9. The highest BCUT2D eigenvalue weighted by Gasteiger charge is 2.35. The summed E-state index contributed by atoms with van der Waals surface area (Å²) in [5, 5.41) is 35.6. The highest BCUT2D eigenvalue weighted by Crippen LogP contribution is 2.18. The summed E-state index contributed by atoms with van der Waals surface area (Å²) in [7, 11) is 0. The molecule has 1 aromatic rings. The van der Waals surface area contributed by atoms with Gasteiger partial charge in [-0.3, -0.25) is 4.99 Å². The lowest BCUT2D eigenvalue weighted by molar-refractivity contribution is -0.239. The number of aliphatic imine (C=N–C) groups is 2. The lowest BCUT2D eigenvalue weighted by Crippen LogP contribution is -2.49. The maximum absolute atomic E-state index is 9.11. The minimum absolute atomic E-state index is 0.0162. The van der Waals surface area contributed by atoms with E-state index >= 15 is 0 Å². The maximum Gasteiger partial charge on any atom is 0.218 e. The predicted molar refractivity (Wildman–Crippen MR) is 97.0 cm³/mol. The number of rotatable bonds is 4. The van der Waals surface area contributed by atoms with Gasteiger partial charge in [0.05, 0.1) is 12.7 Å². The third-order valence-corrected chi connectivity index (χ3v) is 3.49. The Labute approximate surface area is 151 Å². The molecule has 10 heteroatoms. The molecule has 0 saturated carbocycles. The summed E-state index contributed by atoms with van der Waals surface area (Å²) in [6, 6.07) is 10.0. The van der Waals surface area contributed by atoms with Gasteiger partial charge in [0.25, 0.3) is 0 Å². The number of hydrogen-bond acceptors (Lipinski definition) is 6. The normalized spacial score (nSPS) is 25.8. The van der Waals surface area contributed by atoms with E-state index in [1.54, 1.807) is 0 Å². The fourth-order valence-electron chi connectivity index (χ4n) is 2.19. The van der Waals surface area contributed by atoms with E-state index in [0.717, 1.165) is 6.42 Å². The Balaban J connectivity index is 0.000000273. The summed E-state index contributed by atoms with van der Waals surface area (Å²) >= 11 is 0. The fraction of sp³-hybridized carbons (Fsp3) is 0.500. The van der Waals surface area contributed by atoms with Crippen molar-refractivity contribution in [3.05, 3.63) is 35.9 Å². The zero-order valence-corrected chi connectivity index (χ0v) is 14.3. The van der Waals surface area contributed by atoms with Crippen molar-refractivity contribution in [2.75, 3.05) is 13.2 Å². The van der Waals surface area contributed by atoms with Crippen LogP contribution in [0.15, 0.2) is 40.3 Å². The molecule has 4 atom stereocenters. The minimum Gasteiger partial charge on any atom is -0.394 e. The third kappa shape index (κ3) is 8.23. The van der Waals surface area contributed by atoms with Crippen molar-refractivity contribution in [2.45, 2.75) is 37.4 Å². The molecular formula is C16H27N5O5. The van der Waals surface area contributed by atoms with Gasteiger partial charge in [-0.05, 0) is 12.0 Å². The smallest absolute Gasteiger partial charge is 0.218 e. The van der Waals surface area contributed by atoms with Gasteiger partial charge in [-0.2, -0.15) is 4.99 Å². The monoisotopic (exact) mass is 369 g/mol. The Morgan fingerprint density at radius 1 is 1.12 bits per heavy atom. The first kappa shape index (κ1) is 21.8. The van der Waals surface area contributed by atoms with E-state index in [0.29, 0.717) is 6.54 Å². The van der Waals surface area contributed by atoms with Crippen LogP contribution in [0.5, 0.6) is 0 Å². The zero-order valence-electron chi connectivity index (χ0n) is 14.3. The van der Waals surface area contributed by atoms with Crippen molar-refractivity contribution in [1.82, 2.24) is 0 Å². The van der Waals surface area contributed by atoms with Gasteiger partial charge in [-0.1, -0.05) is 30.3 Å². The molecule has 0 bridgehead atoms. The molecule has 10 N–H and O–H groups in total. The van der Waals surface area contributed by atoms with Crippen LogP contribution in [0.2, 0.25) is 0 Å². The zero-order chi connectivity index (χ0) is 19.5. The highest BCUT2D eigenvalue weighted by molar-refractivity contribution is 5.92. The molecule has 1 saturated heterocycles. The summed E-state index contributed by atoms with van der Waals surface area (Å²) in [6.07, 6.45) is -3.29. The highest BCUT2D eigenvalue weighted by atomic mass is 16.6. The average Bonchev–Trinajstić information content (AvgIpc) is 2.59. The molecule has 1 unspecified atom stereocenters. The van der Waals surface area contributed by atoms with E-state index in [4.69, 9.17) is 42.4 Å². The van der Waals surface area contributed by atoms with Gasteiger partial charge >= 0.3 is 0 Å². The maximum atomic E-state index is 9.11. The molecule has 1 heterocycles. The molecule has 1 aliphatic heterocycles. The lowest BCUT2D eigenvalue weighted by Gasteiger charge is -2.33. The van der Waals surface area contributed by atoms with E-state index in [9.17, 15) is 0 Å². The molecular weight excluding hydrogens is 342 g/mol. The van der Waals surface area contributed by atoms with Crippen LogP contribution in [0.4, 0.5) is 0 Å². The van der Waals surface area contributed by atoms with Gasteiger partial charge in [0, 0.05) is 13.0 Å². The van der Waals surface area contributed by atoms with E-state index in [-0.39, 0.29) is 18.3 Å². The Bertz CT molecular complexity index is 580. The van der Waals surface area contributed by atoms with E-state index in [1.165, 1.54) is 5.56 Å². The molecule has 0 aromatic heterocycles. The molecule has 26 heavy (non-hydrogen) atoms. The summed E-state index contributed by atoms with van der Waals surface area (Å²) in [4.78, 5) is 7.62. The molecule has 0 amide bonds. The Hall–Kier alpha value is -2.24. The van der Waals surface area contributed by atoms with E-state index in [2.05, 4.69) is 9.98 Å². The summed E-state index contributed by atoms with van der Waals surface area (Å²) in [5.74, 6) is 0.0434. The second kappa shape index (κ2) is 11.4. The van der Waals surface area contributed by atoms with Crippen molar-refractivity contribution >= 4 is 11.9 Å². The van der Waals surface area contributed by atoms with Crippen molar-refractivity contribution in [1.29, 1.82) is 0 Å². The molecule has 1 aliphatic rings. The second-order valence-corrected chi connectivity index (χ2v) is 5.62. The number of guanidine groups is 2. The van der Waals surface area contributed by atoms with E-state index < -0.39 is 31.2 Å². The predicted octanol–water partition coefficient (Wildman–Crippen LogP) is -2.37. The number of benzene rings is 1. The number of nitrogens with two attached hydrogens (primary N) is 3. The molecule has 10 nitrogen and oxygen atoms in total. The molecule has 0 radical (unpaired) electrons. The first-order valence-corrected chi connectivity index (χ1v) is 8.07. The Morgan fingerprint density at radius 2 is 1.77 bits per heavy atom. The molecule has 1 fully saturated rings. The summed E-state index contributed by atoms with van der Waals surface area (Å²) < 4.78 is 4.71. The largest absolute Gasteiger partial charge is 0.394 e. The van der Waals surface area contributed by atoms with Crippen LogP contribution in [0.3, 0.4) is 0 Å². The van der Waals surface area contributed by atoms with Gasteiger partial charge in [0.15, 0.2) is 12.2 Å². The molecule has 1 aromatic carbocycles. The molecule has 0 aliphatic carbocycles. The van der Waals surface area contributed by atoms with Crippen LogP contribution in [-0.4, -0.2) is 70.1 Å². The quantitative estimate of drug-likeness (QED) is 0.226. The average molecular weight is 369 g/mol. The minimum atomic E-state index is -1.11. The van der Waals surface area contributed by atoms with Crippen LogP contribution in [0.1, 0.15) is 12.0 Å². The van der Waals surface area contributed by atoms with Gasteiger partial charge in [-0.15, -0.1) is 0 Å². The standard InChI is InChI=1S/C10H15N5.C6H12O5/c11-9(12)15-10(13)14-7-6-8-4-2-1-3-5-8;7-2-4-6(10)3(8)1-5(9)11-4/h1-5H,6-7H2,(H6,11,12,13,14,15);3-10H,1-2H2/t;3-,4?,5+,6+/m.1/s1. The van der Waals surface area contributed by atoms with Crippen LogP contribution >= 0.6 is 0 Å². The number of aliphatic hydroxyl groups excluding tert-OH is 4. The SMILES string of the molecule is NC(N)=NC(N)=NCCc1ccccc1.OCC1O[C@H](O)C[C@@H](O)[C@@H]1O. The van der Waals surface area contributed by atoms with Gasteiger partial charge in [0.2, 0.25) is 5.96 Å². The van der Waals surface area contributed by atoms with Crippen LogP contribution in [0.25, 0.3) is 0 Å². The molecule has 2 rings (SSSR count). The summed E-state index contributed by atoms with van der Waals surface area (Å²) in [6.45, 7) is 0.169. The van der Waals surface area contributed by atoms with Crippen LogP contribution < -0.4 is 17.2 Å². The van der Waals surface area contributed by atoms with E-state index in [1.807, 2.05) is 30.3 Å². The van der Waals surface area contributed by atoms with Gasteiger partial charge in [0.1, 0.15) is 12.2 Å². The van der Waals surface area contributed by atoms with Gasteiger partial charge < -0.3 is 42.4 Å². The fourth-order valence-corrected chi connectivity index (χ4v) is 2.19. The first-order chi connectivity index (χ1) is 12.3. The lowest BCUT2D eigenvalue weighted by atomic mass is 10.0. The van der Waals surface area contributed by atoms with Crippen LogP contribution in [-0.2, 0) is 11.2 Å². The third-order valence-electron chi connectivity index (χ3n) is 3.49. The van der Waals surface area contributed by atoms with Crippen molar-refractivity contribution in [3.8, 4) is 0 Å². The topological polar surface area (TPSA) is 193 Å². The Kier molecular flexibility index (Phi) is 9.55. The second-order valence-electron chi connectivity index (χ2n) is 5.62. The molecule has 0 spiro atoms. The van der Waals surface area contributed by atoms with Crippen LogP contribution in [0, 0.1) is 0 Å². The number of ether oxygens (including phenoxy) is 1. The Morgan fingerprint density at radius 3 is 2.35 bits per heavy atom. The number of nitrogens with zero attached hydrogens (tertiary/aromatic N) is 2. The van der Waals surface area contributed by atoms with Crippen molar-refractivity contribution < 1.29 is 25.2 Å². The first-order valence-electron chi connectivity index (χ1n) is 8.07. The van der Waals surface area contributed by atoms with Crippen molar-refractivity contribution in [2.24, 2.45) is 27.2 Å². The molecule has 146 valence electrons. The van der Waals surface area contributed by atoms with Crippen molar-refractivity contribution in [3.63, 3.8) is 0 Å². The number of hydrogen-bond donors (Lipinski definition) is 7.